The first kappa shape index (κ1) is 11.1. The minimum Gasteiger partial charge on any atom is -0.395 e. The van der Waals surface area contributed by atoms with Crippen molar-refractivity contribution in [3.05, 3.63) is 12.2 Å². The van der Waals surface area contributed by atoms with Gasteiger partial charge in [0.25, 0.3) is 0 Å². The zero-order valence-electron chi connectivity index (χ0n) is 7.63. The minimum absolute atomic E-state index is 0.273. The van der Waals surface area contributed by atoms with E-state index >= 15 is 0 Å². The SMILES string of the molecule is C=C(C)CSC(CO)C(C)C. The molecule has 0 aliphatic carbocycles. The molecular weight excluding hydrogens is 156 g/mol. The van der Waals surface area contributed by atoms with Crippen LogP contribution in [-0.2, 0) is 0 Å². The molecule has 0 aliphatic heterocycles. The van der Waals surface area contributed by atoms with E-state index in [1.54, 1.807) is 11.8 Å². The topological polar surface area (TPSA) is 20.2 Å². The summed E-state index contributed by atoms with van der Waals surface area (Å²) in [6, 6.07) is 0. The summed E-state index contributed by atoms with van der Waals surface area (Å²) in [5, 5.41) is 9.33. The zero-order chi connectivity index (χ0) is 8.85. The van der Waals surface area contributed by atoms with Crippen LogP contribution in [0.5, 0.6) is 0 Å². The van der Waals surface area contributed by atoms with Crippen molar-refractivity contribution in [1.29, 1.82) is 0 Å². The maximum absolute atomic E-state index is 8.96. The van der Waals surface area contributed by atoms with Crippen LogP contribution in [0.4, 0.5) is 0 Å². The van der Waals surface area contributed by atoms with Gasteiger partial charge >= 0.3 is 0 Å². The Morgan fingerprint density at radius 1 is 1.55 bits per heavy atom. The molecule has 0 amide bonds. The Labute approximate surface area is 73.9 Å². The van der Waals surface area contributed by atoms with Crippen LogP contribution in [0.15, 0.2) is 12.2 Å². The smallest absolute Gasteiger partial charge is 0.0552 e. The summed E-state index contributed by atoms with van der Waals surface area (Å²) in [7, 11) is 0. The molecule has 0 heterocycles. The molecule has 0 saturated heterocycles. The predicted molar refractivity (Wildman–Crippen MR) is 53.0 cm³/mol. The molecule has 0 bridgehead atoms. The van der Waals surface area contributed by atoms with E-state index in [4.69, 9.17) is 5.11 Å². The lowest BCUT2D eigenvalue weighted by Gasteiger charge is -2.17. The fourth-order valence-corrected chi connectivity index (χ4v) is 1.69. The van der Waals surface area contributed by atoms with Gasteiger partial charge in [0, 0.05) is 11.0 Å². The van der Waals surface area contributed by atoms with Crippen molar-refractivity contribution >= 4 is 11.8 Å². The molecule has 0 aromatic carbocycles. The Bertz CT molecular complexity index is 121. The lowest BCUT2D eigenvalue weighted by atomic mass is 10.1. The van der Waals surface area contributed by atoms with Crippen molar-refractivity contribution in [2.45, 2.75) is 26.0 Å². The van der Waals surface area contributed by atoms with E-state index < -0.39 is 0 Å². The minimum atomic E-state index is 0.273. The summed E-state index contributed by atoms with van der Waals surface area (Å²) in [6.07, 6.45) is 0. The highest BCUT2D eigenvalue weighted by molar-refractivity contribution is 8.00. The van der Waals surface area contributed by atoms with Crippen molar-refractivity contribution in [3.8, 4) is 0 Å². The van der Waals surface area contributed by atoms with E-state index in [-0.39, 0.29) is 6.61 Å². The molecule has 66 valence electrons. The maximum atomic E-state index is 8.96. The average molecular weight is 174 g/mol. The van der Waals surface area contributed by atoms with Gasteiger partial charge in [-0.1, -0.05) is 26.0 Å². The molecular formula is C9H18OS. The third-order valence-electron chi connectivity index (χ3n) is 1.47. The van der Waals surface area contributed by atoms with Crippen LogP contribution in [-0.4, -0.2) is 22.7 Å². The van der Waals surface area contributed by atoms with Crippen LogP contribution in [0.25, 0.3) is 0 Å². The van der Waals surface area contributed by atoms with Gasteiger partial charge in [0.1, 0.15) is 0 Å². The first-order valence-electron chi connectivity index (χ1n) is 3.94. The number of aliphatic hydroxyl groups is 1. The summed E-state index contributed by atoms with van der Waals surface area (Å²) < 4.78 is 0. The first-order chi connectivity index (χ1) is 5.07. The maximum Gasteiger partial charge on any atom is 0.0552 e. The second-order valence-electron chi connectivity index (χ2n) is 3.23. The van der Waals surface area contributed by atoms with Crippen LogP contribution in [0.2, 0.25) is 0 Å². The van der Waals surface area contributed by atoms with E-state index in [1.165, 1.54) is 5.57 Å². The van der Waals surface area contributed by atoms with Crippen LogP contribution in [0.1, 0.15) is 20.8 Å². The molecule has 0 saturated carbocycles. The highest BCUT2D eigenvalue weighted by atomic mass is 32.2. The third kappa shape index (κ3) is 5.33. The monoisotopic (exact) mass is 174 g/mol. The Balaban J connectivity index is 3.61. The van der Waals surface area contributed by atoms with Gasteiger partial charge < -0.3 is 5.11 Å². The average Bonchev–Trinajstić information content (AvgIpc) is 1.87. The van der Waals surface area contributed by atoms with Gasteiger partial charge in [-0.05, 0) is 12.8 Å². The fraction of sp³-hybridized carbons (Fsp3) is 0.778. The van der Waals surface area contributed by atoms with Crippen LogP contribution in [0, 0.1) is 5.92 Å². The summed E-state index contributed by atoms with van der Waals surface area (Å²) in [5.74, 6) is 1.51. The lowest BCUT2D eigenvalue weighted by molar-refractivity contribution is 0.275. The molecule has 0 aromatic rings. The van der Waals surface area contributed by atoms with Crippen LogP contribution < -0.4 is 0 Å². The van der Waals surface area contributed by atoms with Crippen molar-refractivity contribution in [1.82, 2.24) is 0 Å². The molecule has 0 rings (SSSR count). The molecule has 0 fully saturated rings. The van der Waals surface area contributed by atoms with E-state index in [0.29, 0.717) is 11.2 Å². The van der Waals surface area contributed by atoms with E-state index in [2.05, 4.69) is 20.4 Å². The molecule has 0 aromatic heterocycles. The number of aliphatic hydroxyl groups excluding tert-OH is 1. The quantitative estimate of drug-likeness (QED) is 0.645. The Kier molecular flexibility index (Phi) is 5.69. The normalized spacial score (nSPS) is 13.5. The second-order valence-corrected chi connectivity index (χ2v) is 4.46. The number of thioether (sulfide) groups is 1. The molecule has 0 spiro atoms. The van der Waals surface area contributed by atoms with Gasteiger partial charge in [-0.2, -0.15) is 11.8 Å². The van der Waals surface area contributed by atoms with Crippen molar-refractivity contribution in [2.75, 3.05) is 12.4 Å². The Morgan fingerprint density at radius 3 is 2.36 bits per heavy atom. The van der Waals surface area contributed by atoms with Gasteiger partial charge in [0.2, 0.25) is 0 Å². The molecule has 11 heavy (non-hydrogen) atoms. The summed E-state index contributed by atoms with van der Waals surface area (Å²) >= 11 is 1.79. The molecule has 2 heteroatoms. The second kappa shape index (κ2) is 5.67. The molecule has 1 N–H and O–H groups in total. The van der Waals surface area contributed by atoms with Crippen molar-refractivity contribution in [3.63, 3.8) is 0 Å². The van der Waals surface area contributed by atoms with E-state index in [1.807, 2.05) is 6.92 Å². The largest absolute Gasteiger partial charge is 0.395 e. The lowest BCUT2D eigenvalue weighted by Crippen LogP contribution is -2.16. The Hall–Kier alpha value is 0.0500. The zero-order valence-corrected chi connectivity index (χ0v) is 8.45. The van der Waals surface area contributed by atoms with Crippen LogP contribution >= 0.6 is 11.8 Å². The number of rotatable bonds is 5. The molecule has 1 unspecified atom stereocenters. The van der Waals surface area contributed by atoms with Gasteiger partial charge in [0.15, 0.2) is 0 Å². The number of hydrogen-bond donors (Lipinski definition) is 1. The van der Waals surface area contributed by atoms with E-state index in [9.17, 15) is 0 Å². The predicted octanol–water partition coefficient (Wildman–Crippen LogP) is 2.31. The van der Waals surface area contributed by atoms with Crippen LogP contribution in [0.3, 0.4) is 0 Å². The molecule has 1 nitrogen and oxygen atoms in total. The van der Waals surface area contributed by atoms with Crippen molar-refractivity contribution < 1.29 is 5.11 Å². The summed E-state index contributed by atoms with van der Waals surface area (Å²) in [6.45, 7) is 10.4. The Morgan fingerprint density at radius 2 is 2.09 bits per heavy atom. The van der Waals surface area contributed by atoms with Gasteiger partial charge in [-0.3, -0.25) is 0 Å². The van der Waals surface area contributed by atoms with E-state index in [0.717, 1.165) is 5.75 Å². The fourth-order valence-electron chi connectivity index (χ4n) is 0.705. The highest BCUT2D eigenvalue weighted by Gasteiger charge is 2.11. The first-order valence-corrected chi connectivity index (χ1v) is 4.99. The third-order valence-corrected chi connectivity index (χ3v) is 3.25. The number of hydrogen-bond acceptors (Lipinski definition) is 2. The molecule has 1 atom stereocenters. The molecule has 0 radical (unpaired) electrons. The van der Waals surface area contributed by atoms with Gasteiger partial charge in [0.05, 0.1) is 6.61 Å². The molecule has 0 aliphatic rings. The van der Waals surface area contributed by atoms with Gasteiger partial charge in [-0.15, -0.1) is 0 Å². The summed E-state index contributed by atoms with van der Waals surface area (Å²) in [5.41, 5.74) is 1.18. The standard InChI is InChI=1S/C9H18OS/c1-7(2)6-11-9(5-10)8(3)4/h8-10H,1,5-6H2,2-4H3. The van der Waals surface area contributed by atoms with Crippen molar-refractivity contribution in [2.24, 2.45) is 5.92 Å². The summed E-state index contributed by atoms with van der Waals surface area (Å²) in [4.78, 5) is 0. The van der Waals surface area contributed by atoms with Gasteiger partial charge in [-0.25, -0.2) is 0 Å². The highest BCUT2D eigenvalue weighted by Crippen LogP contribution is 2.20.